The lowest BCUT2D eigenvalue weighted by molar-refractivity contribution is -0.139. The van der Waals surface area contributed by atoms with Crippen molar-refractivity contribution in [3.05, 3.63) is 18.2 Å². The molecule has 132 valence electrons. The average Bonchev–Trinajstić information content (AvgIpc) is 2.57. The standard InChI is InChI=1S/C15H20N2O5S2/c1-4-16(5-2)24(20,21)11-6-7-13-12(8-11)17(9-15(19)22-3)14(18)10-23-13/h6-8H,4-5,9-10H2,1-3H3. The normalized spacial score (nSPS) is 14.7. The van der Waals surface area contributed by atoms with Crippen molar-refractivity contribution >= 4 is 39.3 Å². The highest BCUT2D eigenvalue weighted by molar-refractivity contribution is 8.00. The first-order valence-corrected chi connectivity index (χ1v) is 9.91. The van der Waals surface area contributed by atoms with Gasteiger partial charge in [0.2, 0.25) is 15.9 Å². The molecule has 0 atom stereocenters. The molecule has 9 heteroatoms. The van der Waals surface area contributed by atoms with Crippen LogP contribution in [0.2, 0.25) is 0 Å². The number of nitrogens with zero attached hydrogens (tertiary/aromatic N) is 2. The number of sulfonamides is 1. The van der Waals surface area contributed by atoms with Gasteiger partial charge in [-0.05, 0) is 18.2 Å². The number of fused-ring (bicyclic) bond motifs is 1. The Labute approximate surface area is 146 Å². The number of ether oxygens (including phenoxy) is 1. The van der Waals surface area contributed by atoms with Crippen molar-refractivity contribution in [3.8, 4) is 0 Å². The molecule has 1 aliphatic rings. The summed E-state index contributed by atoms with van der Waals surface area (Å²) in [5.41, 5.74) is 0.426. The summed E-state index contributed by atoms with van der Waals surface area (Å²) in [5.74, 6) is -0.611. The van der Waals surface area contributed by atoms with Crippen LogP contribution in [0, 0.1) is 0 Å². The van der Waals surface area contributed by atoms with E-state index in [1.54, 1.807) is 19.9 Å². The zero-order chi connectivity index (χ0) is 17.9. The van der Waals surface area contributed by atoms with Gasteiger partial charge in [-0.1, -0.05) is 13.8 Å². The van der Waals surface area contributed by atoms with Crippen molar-refractivity contribution in [1.82, 2.24) is 4.31 Å². The Morgan fingerprint density at radius 2 is 2.00 bits per heavy atom. The van der Waals surface area contributed by atoms with Crippen molar-refractivity contribution < 1.29 is 22.7 Å². The number of hydrogen-bond donors (Lipinski definition) is 0. The van der Waals surface area contributed by atoms with Gasteiger partial charge in [0.25, 0.3) is 0 Å². The number of anilines is 1. The maximum atomic E-state index is 12.7. The maximum absolute atomic E-state index is 12.7. The van der Waals surface area contributed by atoms with Crippen LogP contribution in [0.15, 0.2) is 28.0 Å². The molecule has 1 aromatic carbocycles. The Morgan fingerprint density at radius 3 is 2.58 bits per heavy atom. The predicted octanol–water partition coefficient (Wildman–Crippen LogP) is 1.33. The Morgan fingerprint density at radius 1 is 1.33 bits per heavy atom. The molecule has 1 aliphatic heterocycles. The smallest absolute Gasteiger partial charge is 0.325 e. The second-order valence-electron chi connectivity index (χ2n) is 5.06. The molecule has 0 saturated heterocycles. The Kier molecular flexibility index (Phi) is 5.89. The zero-order valence-corrected chi connectivity index (χ0v) is 15.4. The van der Waals surface area contributed by atoms with E-state index in [1.165, 1.54) is 40.2 Å². The lowest BCUT2D eigenvalue weighted by Crippen LogP contribution is -2.40. The summed E-state index contributed by atoms with van der Waals surface area (Å²) in [5, 5.41) is 0. The highest BCUT2D eigenvalue weighted by atomic mass is 32.2. The molecule has 1 aromatic rings. The zero-order valence-electron chi connectivity index (χ0n) is 13.8. The van der Waals surface area contributed by atoms with Crippen molar-refractivity contribution in [2.24, 2.45) is 0 Å². The molecule has 0 saturated carbocycles. The molecule has 0 aliphatic carbocycles. The van der Waals surface area contributed by atoms with Crippen molar-refractivity contribution in [2.75, 3.05) is 37.4 Å². The Hall–Kier alpha value is -1.58. The second kappa shape index (κ2) is 7.54. The van der Waals surface area contributed by atoms with Crippen molar-refractivity contribution in [3.63, 3.8) is 0 Å². The molecule has 2 rings (SSSR count). The maximum Gasteiger partial charge on any atom is 0.325 e. The lowest BCUT2D eigenvalue weighted by atomic mass is 10.2. The molecule has 7 nitrogen and oxygen atoms in total. The summed E-state index contributed by atoms with van der Waals surface area (Å²) in [6.07, 6.45) is 0. The minimum atomic E-state index is -3.64. The molecule has 24 heavy (non-hydrogen) atoms. The van der Waals surface area contributed by atoms with Gasteiger partial charge in [-0.2, -0.15) is 4.31 Å². The van der Waals surface area contributed by atoms with Crippen LogP contribution in [0.1, 0.15) is 13.8 Å². The molecule has 0 spiro atoms. The second-order valence-corrected chi connectivity index (χ2v) is 8.02. The number of methoxy groups -OCH3 is 1. The number of hydrogen-bond acceptors (Lipinski definition) is 6. The van der Waals surface area contributed by atoms with Gasteiger partial charge >= 0.3 is 5.97 Å². The summed E-state index contributed by atoms with van der Waals surface area (Å²) in [4.78, 5) is 25.9. The van der Waals surface area contributed by atoms with Crippen molar-refractivity contribution in [2.45, 2.75) is 23.6 Å². The number of rotatable bonds is 6. The molecule has 0 bridgehead atoms. The third kappa shape index (κ3) is 3.57. The highest BCUT2D eigenvalue weighted by Gasteiger charge is 2.30. The van der Waals surface area contributed by atoms with Gasteiger partial charge in [-0.25, -0.2) is 8.42 Å². The molecule has 0 N–H and O–H groups in total. The minimum absolute atomic E-state index is 0.107. The van der Waals surface area contributed by atoms with Crippen LogP contribution in [0.3, 0.4) is 0 Å². The molecule has 0 radical (unpaired) electrons. The van der Waals surface area contributed by atoms with Gasteiger partial charge in [0, 0.05) is 18.0 Å². The number of carbonyl (C=O) groups is 2. The summed E-state index contributed by atoms with van der Waals surface area (Å²) in [6.45, 7) is 4.01. The number of esters is 1. The monoisotopic (exact) mass is 372 g/mol. The first kappa shape index (κ1) is 18.8. The molecular weight excluding hydrogens is 352 g/mol. The van der Waals surface area contributed by atoms with Crippen LogP contribution in [0.25, 0.3) is 0 Å². The minimum Gasteiger partial charge on any atom is -0.468 e. The van der Waals surface area contributed by atoms with E-state index >= 15 is 0 Å². The number of thioether (sulfide) groups is 1. The first-order chi connectivity index (χ1) is 11.3. The van der Waals surface area contributed by atoms with Crippen LogP contribution in [-0.2, 0) is 24.3 Å². The topological polar surface area (TPSA) is 84.0 Å². The van der Waals surface area contributed by atoms with Gasteiger partial charge in [0.1, 0.15) is 6.54 Å². The van der Waals surface area contributed by atoms with Gasteiger partial charge < -0.3 is 4.74 Å². The van der Waals surface area contributed by atoms with Gasteiger partial charge in [-0.3, -0.25) is 14.5 Å². The van der Waals surface area contributed by atoms with E-state index in [-0.39, 0.29) is 23.1 Å². The molecule has 0 unspecified atom stereocenters. The number of carbonyl (C=O) groups excluding carboxylic acids is 2. The Balaban J connectivity index is 2.48. The van der Waals surface area contributed by atoms with Gasteiger partial charge in [0.15, 0.2) is 0 Å². The molecular formula is C15H20N2O5S2. The average molecular weight is 372 g/mol. The third-order valence-corrected chi connectivity index (χ3v) is 6.82. The Bertz CT molecular complexity index is 744. The van der Waals surface area contributed by atoms with Crippen LogP contribution >= 0.6 is 11.8 Å². The lowest BCUT2D eigenvalue weighted by Gasteiger charge is -2.29. The van der Waals surface area contributed by atoms with E-state index in [4.69, 9.17) is 0 Å². The summed E-state index contributed by atoms with van der Waals surface area (Å²) in [6, 6.07) is 4.66. The summed E-state index contributed by atoms with van der Waals surface area (Å²) in [7, 11) is -2.40. The molecule has 0 aromatic heterocycles. The predicted molar refractivity (Wildman–Crippen MR) is 91.6 cm³/mol. The van der Waals surface area contributed by atoms with Crippen LogP contribution in [0.4, 0.5) is 5.69 Å². The fourth-order valence-corrected chi connectivity index (χ4v) is 4.82. The van der Waals surface area contributed by atoms with Crippen LogP contribution < -0.4 is 4.90 Å². The van der Waals surface area contributed by atoms with E-state index in [2.05, 4.69) is 4.74 Å². The molecule has 1 heterocycles. The fourth-order valence-electron chi connectivity index (χ4n) is 2.42. The van der Waals surface area contributed by atoms with Crippen LogP contribution in [-0.4, -0.2) is 57.1 Å². The largest absolute Gasteiger partial charge is 0.468 e. The van der Waals surface area contributed by atoms with E-state index in [0.29, 0.717) is 18.8 Å². The van der Waals surface area contributed by atoms with E-state index in [1.807, 2.05) is 0 Å². The molecule has 1 amide bonds. The third-order valence-electron chi connectivity index (χ3n) is 3.73. The quantitative estimate of drug-likeness (QED) is 0.701. The van der Waals surface area contributed by atoms with E-state index < -0.39 is 16.0 Å². The fraction of sp³-hybridized carbons (Fsp3) is 0.467. The van der Waals surface area contributed by atoms with Gasteiger partial charge in [0.05, 0.1) is 23.4 Å². The van der Waals surface area contributed by atoms with E-state index in [9.17, 15) is 18.0 Å². The van der Waals surface area contributed by atoms with E-state index in [0.717, 1.165) is 4.90 Å². The number of benzene rings is 1. The molecule has 0 fully saturated rings. The van der Waals surface area contributed by atoms with Crippen molar-refractivity contribution in [1.29, 1.82) is 0 Å². The van der Waals surface area contributed by atoms with Crippen LogP contribution in [0.5, 0.6) is 0 Å². The first-order valence-electron chi connectivity index (χ1n) is 7.49. The number of amides is 1. The summed E-state index contributed by atoms with van der Waals surface area (Å²) < 4.78 is 31.3. The summed E-state index contributed by atoms with van der Waals surface area (Å²) >= 11 is 1.32. The van der Waals surface area contributed by atoms with Gasteiger partial charge in [-0.15, -0.1) is 11.8 Å². The highest BCUT2D eigenvalue weighted by Crippen LogP contribution is 2.37. The SMILES string of the molecule is CCN(CC)S(=O)(=O)c1ccc2c(c1)N(CC(=O)OC)C(=O)CS2.